The lowest BCUT2D eigenvalue weighted by Crippen LogP contribution is -2.15. The highest BCUT2D eigenvalue weighted by Gasteiger charge is 2.26. The standard InChI is InChI=1S/C20H26F4O/c1-2-12-25-18-11-10-17(19(23)20(18)24)15-8-6-14(7-9-15)4-3-5-16(22)13-21/h5,10-11,14-15H,2-4,6-9,12-13H2,1H3. The fourth-order valence-electron chi connectivity index (χ4n) is 3.48. The van der Waals surface area contributed by atoms with Gasteiger partial charge in [-0.3, -0.25) is 0 Å². The highest BCUT2D eigenvalue weighted by atomic mass is 19.2. The Morgan fingerprint density at radius 3 is 2.52 bits per heavy atom. The molecule has 1 aromatic carbocycles. The first kappa shape index (κ1) is 19.8. The molecule has 0 amide bonds. The third-order valence-corrected chi connectivity index (χ3v) is 4.89. The molecule has 25 heavy (non-hydrogen) atoms. The zero-order chi connectivity index (χ0) is 18.2. The molecule has 0 unspecified atom stereocenters. The van der Waals surface area contributed by atoms with Gasteiger partial charge >= 0.3 is 0 Å². The quantitative estimate of drug-likeness (QED) is 0.474. The minimum absolute atomic E-state index is 0.00379. The monoisotopic (exact) mass is 358 g/mol. The van der Waals surface area contributed by atoms with Gasteiger partial charge in [-0.1, -0.05) is 19.1 Å². The van der Waals surface area contributed by atoms with Crippen molar-refractivity contribution in [1.82, 2.24) is 0 Å². The van der Waals surface area contributed by atoms with Crippen LogP contribution in [0.25, 0.3) is 0 Å². The second kappa shape index (κ2) is 9.83. The molecule has 0 saturated heterocycles. The van der Waals surface area contributed by atoms with Crippen LogP contribution >= 0.6 is 0 Å². The van der Waals surface area contributed by atoms with E-state index in [0.29, 0.717) is 24.5 Å². The first-order valence-electron chi connectivity index (χ1n) is 9.08. The van der Waals surface area contributed by atoms with Gasteiger partial charge in [-0.15, -0.1) is 0 Å². The van der Waals surface area contributed by atoms with Crippen molar-refractivity contribution in [1.29, 1.82) is 0 Å². The molecule has 0 aliphatic heterocycles. The van der Waals surface area contributed by atoms with Gasteiger partial charge in [-0.25, -0.2) is 13.2 Å². The third-order valence-electron chi connectivity index (χ3n) is 4.89. The molecule has 1 nitrogen and oxygen atoms in total. The number of ether oxygens (including phenoxy) is 1. The summed E-state index contributed by atoms with van der Waals surface area (Å²) >= 11 is 0. The van der Waals surface area contributed by atoms with Gasteiger partial charge in [-0.05, 0) is 68.4 Å². The van der Waals surface area contributed by atoms with Crippen molar-refractivity contribution >= 4 is 0 Å². The summed E-state index contributed by atoms with van der Waals surface area (Å²) in [5, 5.41) is 0. The van der Waals surface area contributed by atoms with E-state index >= 15 is 0 Å². The predicted molar refractivity (Wildman–Crippen MR) is 91.2 cm³/mol. The Kier molecular flexibility index (Phi) is 7.79. The normalized spacial score (nSPS) is 21.4. The van der Waals surface area contributed by atoms with Crippen molar-refractivity contribution < 1.29 is 22.3 Å². The average Bonchev–Trinajstić information content (AvgIpc) is 2.63. The van der Waals surface area contributed by atoms with Gasteiger partial charge in [0.1, 0.15) is 12.5 Å². The van der Waals surface area contributed by atoms with E-state index < -0.39 is 24.1 Å². The molecule has 1 saturated carbocycles. The van der Waals surface area contributed by atoms with Crippen LogP contribution in [0.4, 0.5) is 17.6 Å². The maximum atomic E-state index is 14.4. The molecule has 0 spiro atoms. The van der Waals surface area contributed by atoms with Crippen LogP contribution in [0.1, 0.15) is 63.4 Å². The van der Waals surface area contributed by atoms with Crippen LogP contribution in [0.5, 0.6) is 5.75 Å². The van der Waals surface area contributed by atoms with E-state index in [4.69, 9.17) is 4.74 Å². The molecular formula is C20H26F4O. The molecule has 1 aliphatic carbocycles. The van der Waals surface area contributed by atoms with E-state index in [1.165, 1.54) is 12.1 Å². The Morgan fingerprint density at radius 1 is 1.16 bits per heavy atom. The van der Waals surface area contributed by atoms with Gasteiger partial charge in [-0.2, -0.15) is 4.39 Å². The minimum atomic E-state index is -1.05. The molecule has 0 bridgehead atoms. The fourth-order valence-corrected chi connectivity index (χ4v) is 3.48. The van der Waals surface area contributed by atoms with Gasteiger partial charge in [0.05, 0.1) is 6.61 Å². The van der Waals surface area contributed by atoms with Crippen LogP contribution in [-0.4, -0.2) is 13.3 Å². The molecule has 1 fully saturated rings. The van der Waals surface area contributed by atoms with Crippen molar-refractivity contribution in [3.63, 3.8) is 0 Å². The first-order valence-corrected chi connectivity index (χ1v) is 9.08. The van der Waals surface area contributed by atoms with Crippen LogP contribution in [0.2, 0.25) is 0 Å². The summed E-state index contributed by atoms with van der Waals surface area (Å²) in [6.45, 7) is 1.22. The van der Waals surface area contributed by atoms with Crippen LogP contribution in [-0.2, 0) is 0 Å². The van der Waals surface area contributed by atoms with E-state index in [1.807, 2.05) is 6.92 Å². The Balaban J connectivity index is 1.91. The third kappa shape index (κ3) is 5.48. The fraction of sp³-hybridized carbons (Fsp3) is 0.600. The van der Waals surface area contributed by atoms with Gasteiger partial charge in [0, 0.05) is 0 Å². The zero-order valence-electron chi connectivity index (χ0n) is 14.7. The molecule has 0 aromatic heterocycles. The van der Waals surface area contributed by atoms with Crippen molar-refractivity contribution in [2.75, 3.05) is 13.3 Å². The van der Waals surface area contributed by atoms with Crippen molar-refractivity contribution in [2.45, 2.75) is 57.8 Å². The number of hydrogen-bond donors (Lipinski definition) is 0. The summed E-state index contributed by atoms with van der Waals surface area (Å²) in [6, 6.07) is 3.15. The molecule has 0 N–H and O–H groups in total. The van der Waals surface area contributed by atoms with E-state index in [-0.39, 0.29) is 11.7 Å². The highest BCUT2D eigenvalue weighted by Crippen LogP contribution is 2.40. The van der Waals surface area contributed by atoms with Gasteiger partial charge in [0.25, 0.3) is 0 Å². The highest BCUT2D eigenvalue weighted by molar-refractivity contribution is 5.33. The molecule has 1 aromatic rings. The molecule has 1 aliphatic rings. The summed E-state index contributed by atoms with van der Waals surface area (Å²) in [5.41, 5.74) is 0.420. The molecule has 5 heteroatoms. The zero-order valence-corrected chi connectivity index (χ0v) is 14.7. The maximum Gasteiger partial charge on any atom is 0.200 e. The van der Waals surface area contributed by atoms with E-state index in [2.05, 4.69) is 0 Å². The second-order valence-corrected chi connectivity index (χ2v) is 6.71. The smallest absolute Gasteiger partial charge is 0.200 e. The number of allylic oxidation sites excluding steroid dienone is 2. The van der Waals surface area contributed by atoms with Gasteiger partial charge in [0.2, 0.25) is 5.82 Å². The van der Waals surface area contributed by atoms with E-state index in [1.54, 1.807) is 6.07 Å². The van der Waals surface area contributed by atoms with Crippen LogP contribution in [0.3, 0.4) is 0 Å². The molecule has 2 rings (SSSR count). The van der Waals surface area contributed by atoms with Crippen molar-refractivity contribution in [3.8, 4) is 5.75 Å². The van der Waals surface area contributed by atoms with Crippen LogP contribution in [0, 0.1) is 17.6 Å². The first-order chi connectivity index (χ1) is 12.1. The summed E-state index contributed by atoms with van der Waals surface area (Å²) < 4.78 is 58.5. The molecule has 140 valence electrons. The van der Waals surface area contributed by atoms with E-state index in [9.17, 15) is 17.6 Å². The number of hydrogen-bond acceptors (Lipinski definition) is 1. The SMILES string of the molecule is CCCOc1ccc(C2CCC(CCC=C(F)CF)CC2)c(F)c1F. The average molecular weight is 358 g/mol. The lowest BCUT2D eigenvalue weighted by molar-refractivity contribution is 0.288. The van der Waals surface area contributed by atoms with E-state index in [0.717, 1.165) is 38.5 Å². The van der Waals surface area contributed by atoms with Crippen LogP contribution < -0.4 is 4.74 Å². The number of alkyl halides is 1. The molecule has 0 radical (unpaired) electrons. The van der Waals surface area contributed by atoms with Gasteiger partial charge in [0.15, 0.2) is 11.6 Å². The topological polar surface area (TPSA) is 9.23 Å². The van der Waals surface area contributed by atoms with Crippen molar-refractivity contribution in [3.05, 3.63) is 41.2 Å². The Labute approximate surface area is 147 Å². The Morgan fingerprint density at radius 2 is 1.88 bits per heavy atom. The Bertz CT molecular complexity index is 577. The molecule has 0 atom stereocenters. The minimum Gasteiger partial charge on any atom is -0.490 e. The maximum absolute atomic E-state index is 14.4. The predicted octanol–water partition coefficient (Wildman–Crippen LogP) is 6.63. The summed E-state index contributed by atoms with van der Waals surface area (Å²) in [6.07, 6.45) is 6.72. The number of benzene rings is 1. The number of halogens is 4. The second-order valence-electron chi connectivity index (χ2n) is 6.71. The summed E-state index contributed by atoms with van der Waals surface area (Å²) in [5.74, 6) is -2.01. The molecular weight excluding hydrogens is 332 g/mol. The van der Waals surface area contributed by atoms with Gasteiger partial charge < -0.3 is 4.74 Å². The molecule has 0 heterocycles. The van der Waals surface area contributed by atoms with Crippen molar-refractivity contribution in [2.24, 2.45) is 5.92 Å². The number of rotatable bonds is 8. The largest absolute Gasteiger partial charge is 0.490 e. The lowest BCUT2D eigenvalue weighted by atomic mass is 9.77. The lowest BCUT2D eigenvalue weighted by Gasteiger charge is -2.29. The summed E-state index contributed by atoms with van der Waals surface area (Å²) in [4.78, 5) is 0. The summed E-state index contributed by atoms with van der Waals surface area (Å²) in [7, 11) is 0. The Hall–Kier alpha value is -1.52. The van der Waals surface area contributed by atoms with Crippen LogP contribution in [0.15, 0.2) is 24.0 Å².